The second kappa shape index (κ2) is 10.6. The molecule has 0 aromatic heterocycles. The topological polar surface area (TPSA) is 86.8 Å². The minimum absolute atomic E-state index is 0.0600. The number of sulfone groups is 1. The molecule has 7 nitrogen and oxygen atoms in total. The number of carbonyl (C=O) groups excluding carboxylic acids is 2. The van der Waals surface area contributed by atoms with Crippen LogP contribution in [0.25, 0.3) is 0 Å². The summed E-state index contributed by atoms with van der Waals surface area (Å²) in [6.45, 7) is 0.886. The van der Waals surface area contributed by atoms with Crippen molar-refractivity contribution in [3.63, 3.8) is 0 Å². The van der Waals surface area contributed by atoms with E-state index < -0.39 is 56.1 Å². The zero-order valence-electron chi connectivity index (χ0n) is 19.5. The summed E-state index contributed by atoms with van der Waals surface area (Å²) < 4.78 is 102. The Bertz CT molecular complexity index is 1080. The van der Waals surface area contributed by atoms with Gasteiger partial charge in [-0.1, -0.05) is 0 Å². The number of likely N-dealkylation sites (tertiary alicyclic amines) is 2. The zero-order valence-corrected chi connectivity index (χ0v) is 20.3. The van der Waals surface area contributed by atoms with Crippen molar-refractivity contribution in [3.05, 3.63) is 29.3 Å². The second-order valence-electron chi connectivity index (χ2n) is 9.23. The largest absolute Gasteiger partial charge is 0.416 e. The van der Waals surface area contributed by atoms with E-state index in [0.717, 1.165) is 17.2 Å². The van der Waals surface area contributed by atoms with Gasteiger partial charge in [0.15, 0.2) is 9.84 Å². The van der Waals surface area contributed by atoms with Gasteiger partial charge >= 0.3 is 12.4 Å². The Labute approximate surface area is 204 Å². The van der Waals surface area contributed by atoms with Crippen LogP contribution in [0.15, 0.2) is 23.1 Å². The number of amides is 2. The number of carbonyl (C=O) groups is 2. The highest BCUT2D eigenvalue weighted by Gasteiger charge is 2.47. The van der Waals surface area contributed by atoms with Gasteiger partial charge in [-0.3, -0.25) is 14.5 Å². The van der Waals surface area contributed by atoms with Gasteiger partial charge in [-0.15, -0.1) is 0 Å². The molecule has 1 atom stereocenters. The minimum Gasteiger partial charge on any atom is -0.352 e. The third-order valence-electron chi connectivity index (χ3n) is 6.49. The molecule has 2 fully saturated rings. The molecule has 0 saturated carbocycles. The average molecular weight is 544 g/mol. The molecule has 3 rings (SSSR count). The molecule has 14 heteroatoms. The highest BCUT2D eigenvalue weighted by atomic mass is 32.2. The second-order valence-corrected chi connectivity index (χ2v) is 11.2. The molecule has 0 spiro atoms. The number of piperidine rings is 1. The van der Waals surface area contributed by atoms with E-state index in [1.54, 1.807) is 4.90 Å². The van der Waals surface area contributed by atoms with E-state index in [1.807, 2.05) is 0 Å². The predicted octanol–water partition coefficient (Wildman–Crippen LogP) is 3.10. The van der Waals surface area contributed by atoms with E-state index in [0.29, 0.717) is 44.5 Å². The van der Waals surface area contributed by atoms with Crippen molar-refractivity contribution in [1.82, 2.24) is 15.1 Å². The lowest BCUT2D eigenvalue weighted by Gasteiger charge is -2.34. The molecule has 36 heavy (non-hydrogen) atoms. The number of nitrogens with one attached hydrogen (secondary N) is 1. The summed E-state index contributed by atoms with van der Waals surface area (Å²) in [5, 5.41) is 2.53. The van der Waals surface area contributed by atoms with Crippen LogP contribution in [0, 0.1) is 5.92 Å². The number of benzene rings is 1. The first-order chi connectivity index (χ1) is 16.6. The van der Waals surface area contributed by atoms with Crippen LogP contribution in [0.5, 0.6) is 0 Å². The van der Waals surface area contributed by atoms with Crippen LogP contribution in [0.4, 0.5) is 26.3 Å². The molecule has 2 heterocycles. The highest BCUT2D eigenvalue weighted by molar-refractivity contribution is 7.90. The van der Waals surface area contributed by atoms with Gasteiger partial charge in [0.25, 0.3) is 5.91 Å². The van der Waals surface area contributed by atoms with Gasteiger partial charge in [0, 0.05) is 24.9 Å². The van der Waals surface area contributed by atoms with Crippen LogP contribution in [0.1, 0.15) is 41.6 Å². The molecule has 1 aromatic rings. The van der Waals surface area contributed by atoms with Crippen LogP contribution in [0.2, 0.25) is 0 Å². The fourth-order valence-electron chi connectivity index (χ4n) is 4.48. The highest BCUT2D eigenvalue weighted by Crippen LogP contribution is 2.33. The van der Waals surface area contributed by atoms with Crippen LogP contribution < -0.4 is 5.32 Å². The first kappa shape index (κ1) is 28.2. The number of halogens is 6. The normalized spacial score (nSPS) is 20.5. The Morgan fingerprint density at radius 2 is 1.64 bits per heavy atom. The van der Waals surface area contributed by atoms with Crippen molar-refractivity contribution in [1.29, 1.82) is 0 Å². The molecule has 0 bridgehead atoms. The van der Waals surface area contributed by atoms with E-state index in [-0.39, 0.29) is 32.0 Å². The van der Waals surface area contributed by atoms with Gasteiger partial charge in [-0.05, 0) is 62.9 Å². The lowest BCUT2D eigenvalue weighted by molar-refractivity contribution is -0.183. The summed E-state index contributed by atoms with van der Waals surface area (Å²) in [4.78, 5) is 26.9. The zero-order chi connectivity index (χ0) is 26.9. The molecule has 2 saturated heterocycles. The predicted molar refractivity (Wildman–Crippen MR) is 117 cm³/mol. The van der Waals surface area contributed by atoms with Crippen molar-refractivity contribution >= 4 is 21.7 Å². The van der Waals surface area contributed by atoms with Crippen molar-refractivity contribution < 1.29 is 44.3 Å². The quantitative estimate of drug-likeness (QED) is 0.558. The average Bonchev–Trinajstić information content (AvgIpc) is 3.28. The SMILES string of the molecule is CS(=O)(=O)c1cc(C(=O)NCC2CCN(CC(=O)N3CCCC3C(F)(F)F)CC2)cc(C(F)(F)F)c1. The third-order valence-corrected chi connectivity index (χ3v) is 7.58. The van der Waals surface area contributed by atoms with Crippen molar-refractivity contribution in [2.75, 3.05) is 39.0 Å². The van der Waals surface area contributed by atoms with Crippen LogP contribution in [-0.4, -0.2) is 81.2 Å². The molecule has 2 aliphatic heterocycles. The van der Waals surface area contributed by atoms with Gasteiger partial charge < -0.3 is 10.2 Å². The van der Waals surface area contributed by atoms with Gasteiger partial charge in [0.1, 0.15) is 6.04 Å². The third kappa shape index (κ3) is 7.11. The lowest BCUT2D eigenvalue weighted by Crippen LogP contribution is -2.49. The Morgan fingerprint density at radius 1 is 1.00 bits per heavy atom. The van der Waals surface area contributed by atoms with Crippen LogP contribution in [0.3, 0.4) is 0 Å². The molecule has 1 N–H and O–H groups in total. The van der Waals surface area contributed by atoms with Crippen LogP contribution >= 0.6 is 0 Å². The van der Waals surface area contributed by atoms with E-state index >= 15 is 0 Å². The van der Waals surface area contributed by atoms with Gasteiger partial charge in [0.05, 0.1) is 17.0 Å². The summed E-state index contributed by atoms with van der Waals surface area (Å²) >= 11 is 0. The van der Waals surface area contributed by atoms with Gasteiger partial charge in [-0.2, -0.15) is 26.3 Å². The molecule has 0 radical (unpaired) electrons. The Hall–Kier alpha value is -2.35. The molecular formula is C22H27F6N3O4S. The first-order valence-corrected chi connectivity index (χ1v) is 13.2. The molecule has 202 valence electrons. The van der Waals surface area contributed by atoms with Gasteiger partial charge in [-0.25, -0.2) is 8.42 Å². The minimum atomic E-state index is -4.84. The Kier molecular flexibility index (Phi) is 8.28. The number of hydrogen-bond acceptors (Lipinski definition) is 5. The molecular weight excluding hydrogens is 516 g/mol. The number of hydrogen-bond donors (Lipinski definition) is 1. The summed E-state index contributed by atoms with van der Waals surface area (Å²) in [6, 6.07) is 0.199. The lowest BCUT2D eigenvalue weighted by atomic mass is 9.96. The number of nitrogens with zero attached hydrogens (tertiary/aromatic N) is 2. The summed E-state index contributed by atoms with van der Waals surface area (Å²) in [5.41, 5.74) is -1.68. The Morgan fingerprint density at radius 3 is 2.19 bits per heavy atom. The molecule has 2 amide bonds. The van der Waals surface area contributed by atoms with E-state index in [2.05, 4.69) is 5.32 Å². The molecule has 1 unspecified atom stereocenters. The van der Waals surface area contributed by atoms with E-state index in [4.69, 9.17) is 0 Å². The summed E-state index contributed by atoms with van der Waals surface area (Å²) in [6.07, 6.45) is -7.31. The molecule has 1 aromatic carbocycles. The van der Waals surface area contributed by atoms with Crippen molar-refractivity contribution in [3.8, 4) is 0 Å². The fraction of sp³-hybridized carbons (Fsp3) is 0.636. The maximum atomic E-state index is 13.2. The maximum Gasteiger partial charge on any atom is 0.416 e. The van der Waals surface area contributed by atoms with Crippen LogP contribution in [-0.2, 0) is 20.8 Å². The number of rotatable bonds is 6. The maximum absolute atomic E-state index is 13.2. The first-order valence-electron chi connectivity index (χ1n) is 11.3. The fourth-order valence-corrected chi connectivity index (χ4v) is 5.17. The monoisotopic (exact) mass is 543 g/mol. The van der Waals surface area contributed by atoms with E-state index in [1.165, 1.54) is 0 Å². The summed E-state index contributed by atoms with van der Waals surface area (Å²) in [5.74, 6) is -1.49. The summed E-state index contributed by atoms with van der Waals surface area (Å²) in [7, 11) is -3.99. The van der Waals surface area contributed by atoms with Crippen molar-refractivity contribution in [2.24, 2.45) is 5.92 Å². The standard InChI is InChI=1S/C22H27F6N3O4S/c1-36(34,35)17-10-15(9-16(11-17)21(23,24)25)20(33)29-12-14-4-7-30(8-5-14)13-19(32)31-6-2-3-18(31)22(26,27)28/h9-11,14,18H,2-8,12-13H2,1H3,(H,29,33). The molecule has 0 aliphatic carbocycles. The van der Waals surface area contributed by atoms with E-state index in [9.17, 15) is 44.3 Å². The smallest absolute Gasteiger partial charge is 0.352 e. The molecule has 2 aliphatic rings. The number of alkyl halides is 6. The van der Waals surface area contributed by atoms with Gasteiger partial charge in [0.2, 0.25) is 5.91 Å². The van der Waals surface area contributed by atoms with Crippen molar-refractivity contribution in [2.45, 2.75) is 49.0 Å². The Balaban J connectivity index is 1.53.